The van der Waals surface area contributed by atoms with Crippen LogP contribution in [0, 0.1) is 0 Å². The van der Waals surface area contributed by atoms with Crippen LogP contribution in [0.15, 0.2) is 35.9 Å². The van der Waals surface area contributed by atoms with E-state index in [1.807, 2.05) is 44.2 Å². The fraction of sp³-hybridized carbons (Fsp3) is 0.364. The molecular formula is C11H16B2NO. The first kappa shape index (κ1) is 13.8. The van der Waals surface area contributed by atoms with Crippen molar-refractivity contribution in [3.63, 3.8) is 0 Å². The molecule has 77 valence electrons. The Hall–Kier alpha value is -1.18. The van der Waals surface area contributed by atoms with Crippen LogP contribution in [0.5, 0.6) is 0 Å². The molecule has 0 fully saturated rings. The van der Waals surface area contributed by atoms with Gasteiger partial charge >= 0.3 is 0 Å². The summed E-state index contributed by atoms with van der Waals surface area (Å²) in [7, 11) is 6.94. The third-order valence-corrected chi connectivity index (χ3v) is 1.61. The van der Waals surface area contributed by atoms with Crippen LogP contribution in [-0.4, -0.2) is 21.2 Å². The maximum Gasteiger partial charge on any atom is 0.284 e. The summed E-state index contributed by atoms with van der Waals surface area (Å²) in [5.41, 5.74) is 0.945. The second-order valence-corrected chi connectivity index (χ2v) is 2.94. The predicted molar refractivity (Wildman–Crippen MR) is 66.8 cm³/mol. The van der Waals surface area contributed by atoms with Gasteiger partial charge in [-0.1, -0.05) is 42.2 Å². The lowest BCUT2D eigenvalue weighted by molar-refractivity contribution is -0.119. The number of amides is 1. The molecule has 0 bridgehead atoms. The molecule has 0 aliphatic carbocycles. The molecule has 1 N–H and O–H groups in total. The molecule has 4 heteroatoms. The minimum absolute atomic E-state index is 0.0617. The largest absolute Gasteiger partial charge is 0.398 e. The SMILES string of the molecule is [B]CCC(=O)N[B]C(/C=C\C)=C/C=C\C. The Labute approximate surface area is 94.2 Å². The van der Waals surface area contributed by atoms with Crippen LogP contribution in [0.2, 0.25) is 6.32 Å². The summed E-state index contributed by atoms with van der Waals surface area (Å²) < 4.78 is 0. The van der Waals surface area contributed by atoms with Gasteiger partial charge in [0.05, 0.1) is 7.85 Å². The van der Waals surface area contributed by atoms with Crippen LogP contribution in [0.3, 0.4) is 0 Å². The lowest BCUT2D eigenvalue weighted by Gasteiger charge is -2.02. The van der Waals surface area contributed by atoms with Gasteiger partial charge in [-0.3, -0.25) is 4.79 Å². The van der Waals surface area contributed by atoms with E-state index < -0.39 is 0 Å². The summed E-state index contributed by atoms with van der Waals surface area (Å²) in [6, 6.07) is 0. The fourth-order valence-electron chi connectivity index (χ4n) is 0.919. The van der Waals surface area contributed by atoms with Gasteiger partial charge in [-0.25, -0.2) is 0 Å². The molecule has 0 heterocycles. The Morgan fingerprint density at radius 3 is 2.67 bits per heavy atom. The van der Waals surface area contributed by atoms with Crippen molar-refractivity contribution < 1.29 is 4.79 Å². The van der Waals surface area contributed by atoms with Crippen molar-refractivity contribution in [2.24, 2.45) is 0 Å². The van der Waals surface area contributed by atoms with E-state index in [4.69, 9.17) is 7.85 Å². The monoisotopic (exact) mass is 200 g/mol. The van der Waals surface area contributed by atoms with Crippen LogP contribution >= 0.6 is 0 Å². The summed E-state index contributed by atoms with van der Waals surface area (Å²) in [6.07, 6.45) is 10.3. The molecule has 0 aromatic heterocycles. The molecule has 1 amide bonds. The average molecular weight is 200 g/mol. The van der Waals surface area contributed by atoms with Gasteiger partial charge in [0.1, 0.15) is 0 Å². The molecule has 0 atom stereocenters. The lowest BCUT2D eigenvalue weighted by atomic mass is 9.81. The summed E-state index contributed by atoms with van der Waals surface area (Å²) in [4.78, 5) is 11.1. The Morgan fingerprint density at radius 2 is 2.13 bits per heavy atom. The quantitative estimate of drug-likeness (QED) is 0.513. The maximum absolute atomic E-state index is 11.1. The molecule has 0 saturated carbocycles. The van der Waals surface area contributed by atoms with E-state index in [-0.39, 0.29) is 5.91 Å². The fourth-order valence-corrected chi connectivity index (χ4v) is 0.919. The molecule has 0 unspecified atom stereocenters. The van der Waals surface area contributed by atoms with E-state index in [2.05, 4.69) is 5.23 Å². The second kappa shape index (κ2) is 9.38. The van der Waals surface area contributed by atoms with Gasteiger partial charge in [0, 0.05) is 6.42 Å². The summed E-state index contributed by atoms with van der Waals surface area (Å²) in [5.74, 6) is -0.0617. The van der Waals surface area contributed by atoms with Gasteiger partial charge in [0.25, 0.3) is 7.41 Å². The zero-order valence-corrected chi connectivity index (χ0v) is 9.36. The van der Waals surface area contributed by atoms with Crippen LogP contribution in [-0.2, 0) is 4.79 Å². The lowest BCUT2D eigenvalue weighted by Crippen LogP contribution is -2.28. The summed E-state index contributed by atoms with van der Waals surface area (Å²) in [5, 5.41) is 2.68. The number of carbonyl (C=O) groups is 1. The van der Waals surface area contributed by atoms with Crippen molar-refractivity contribution in [2.75, 3.05) is 0 Å². The molecule has 0 aromatic rings. The zero-order chi connectivity index (χ0) is 11.5. The zero-order valence-electron chi connectivity index (χ0n) is 9.36. The van der Waals surface area contributed by atoms with Crippen LogP contribution in [0.1, 0.15) is 20.3 Å². The number of rotatable bonds is 6. The van der Waals surface area contributed by atoms with E-state index in [1.54, 1.807) is 7.41 Å². The molecule has 0 aromatic carbocycles. The van der Waals surface area contributed by atoms with Crippen molar-refractivity contribution in [3.8, 4) is 0 Å². The van der Waals surface area contributed by atoms with Crippen molar-refractivity contribution in [2.45, 2.75) is 26.6 Å². The van der Waals surface area contributed by atoms with Gasteiger partial charge in [-0.05, 0) is 13.8 Å². The highest BCUT2D eigenvalue weighted by molar-refractivity contribution is 6.47. The van der Waals surface area contributed by atoms with Crippen LogP contribution in [0.25, 0.3) is 0 Å². The van der Waals surface area contributed by atoms with Gasteiger partial charge in [0.15, 0.2) is 0 Å². The van der Waals surface area contributed by atoms with Crippen molar-refractivity contribution >= 4 is 21.2 Å². The van der Waals surface area contributed by atoms with E-state index in [1.165, 1.54) is 0 Å². The van der Waals surface area contributed by atoms with Crippen LogP contribution < -0.4 is 5.23 Å². The minimum Gasteiger partial charge on any atom is -0.398 e. The normalized spacial score (nSPS) is 12.3. The average Bonchev–Trinajstić information content (AvgIpc) is 2.22. The third-order valence-electron chi connectivity index (χ3n) is 1.61. The van der Waals surface area contributed by atoms with Crippen molar-refractivity contribution in [1.29, 1.82) is 0 Å². The van der Waals surface area contributed by atoms with Gasteiger partial charge in [0.2, 0.25) is 5.91 Å². The van der Waals surface area contributed by atoms with E-state index in [0.717, 1.165) is 5.47 Å². The molecule has 0 spiro atoms. The molecule has 0 saturated heterocycles. The van der Waals surface area contributed by atoms with E-state index >= 15 is 0 Å². The highest BCUT2D eigenvalue weighted by atomic mass is 16.1. The van der Waals surface area contributed by atoms with Gasteiger partial charge < -0.3 is 5.23 Å². The predicted octanol–water partition coefficient (Wildman–Crippen LogP) is 1.73. The Bertz CT molecular complexity index is 270. The number of hydrogen-bond donors (Lipinski definition) is 1. The highest BCUT2D eigenvalue weighted by Crippen LogP contribution is 1.95. The Morgan fingerprint density at radius 1 is 1.40 bits per heavy atom. The van der Waals surface area contributed by atoms with Gasteiger partial charge in [-0.15, -0.1) is 0 Å². The summed E-state index contributed by atoms with van der Waals surface area (Å²) >= 11 is 0. The molecule has 0 rings (SSSR count). The molecule has 0 aliphatic rings. The molecule has 0 aliphatic heterocycles. The third kappa shape index (κ3) is 7.86. The first-order valence-electron chi connectivity index (χ1n) is 5.03. The Balaban J connectivity index is 4.13. The highest BCUT2D eigenvalue weighted by Gasteiger charge is 2.00. The molecule has 2 nitrogen and oxygen atoms in total. The number of nitrogens with one attached hydrogen (secondary N) is 1. The Kier molecular flexibility index (Phi) is 8.64. The first-order valence-corrected chi connectivity index (χ1v) is 5.03. The number of hydrogen-bond acceptors (Lipinski definition) is 1. The maximum atomic E-state index is 11.1. The first-order chi connectivity index (χ1) is 7.24. The molecule has 15 heavy (non-hydrogen) atoms. The molecule has 3 radical (unpaired) electrons. The minimum atomic E-state index is -0.0617. The summed E-state index contributed by atoms with van der Waals surface area (Å²) in [6.45, 7) is 3.87. The number of carbonyl (C=O) groups excluding carboxylic acids is 1. The number of allylic oxidation sites excluding steroid dienone is 6. The van der Waals surface area contributed by atoms with Crippen molar-refractivity contribution in [1.82, 2.24) is 5.23 Å². The van der Waals surface area contributed by atoms with E-state index in [0.29, 0.717) is 12.7 Å². The smallest absolute Gasteiger partial charge is 0.284 e. The standard InChI is InChI=1S/C11H16B2NO/c1-3-5-7-10(6-4-2)13-14-11(15)8-9-12/h3-7H,8-9H2,1-2H3,(H,14,15)/b5-3-,6-4-,10-7+. The topological polar surface area (TPSA) is 29.1 Å². The van der Waals surface area contributed by atoms with Gasteiger partial charge in [-0.2, -0.15) is 0 Å². The van der Waals surface area contributed by atoms with E-state index in [9.17, 15) is 4.79 Å². The second-order valence-electron chi connectivity index (χ2n) is 2.94. The molecular weight excluding hydrogens is 184 g/mol. The van der Waals surface area contributed by atoms with Crippen LogP contribution in [0.4, 0.5) is 0 Å². The van der Waals surface area contributed by atoms with Crippen molar-refractivity contribution in [3.05, 3.63) is 35.9 Å².